The van der Waals surface area contributed by atoms with E-state index in [9.17, 15) is 0 Å². The second kappa shape index (κ2) is 5.60. The van der Waals surface area contributed by atoms with Crippen LogP contribution in [0.15, 0.2) is 12.3 Å². The van der Waals surface area contributed by atoms with Crippen LogP contribution in [0.1, 0.15) is 38.3 Å². The van der Waals surface area contributed by atoms with E-state index < -0.39 is 0 Å². The summed E-state index contributed by atoms with van der Waals surface area (Å²) in [5, 5.41) is 0.878. The van der Waals surface area contributed by atoms with E-state index in [-0.39, 0.29) is 0 Å². The van der Waals surface area contributed by atoms with Crippen molar-refractivity contribution in [3.63, 3.8) is 0 Å². The van der Waals surface area contributed by atoms with Gasteiger partial charge in [-0.3, -0.25) is 0 Å². The molecule has 1 aliphatic heterocycles. The van der Waals surface area contributed by atoms with Gasteiger partial charge in [-0.1, -0.05) is 35.8 Å². The van der Waals surface area contributed by atoms with Crippen molar-refractivity contribution in [1.82, 2.24) is 4.98 Å². The molecule has 0 bridgehead atoms. The highest BCUT2D eigenvalue weighted by Crippen LogP contribution is 2.32. The van der Waals surface area contributed by atoms with Crippen molar-refractivity contribution in [2.45, 2.75) is 45.5 Å². The third kappa shape index (κ3) is 2.71. The van der Waals surface area contributed by atoms with Gasteiger partial charge in [-0.25, -0.2) is 4.98 Å². The second-order valence-electron chi connectivity index (χ2n) is 5.83. The van der Waals surface area contributed by atoms with Gasteiger partial charge < -0.3 is 4.90 Å². The number of alkyl halides is 1. The molecule has 3 unspecified atom stereocenters. The highest BCUT2D eigenvalue weighted by atomic mass is 79.9. The number of piperidine rings is 1. The third-order valence-corrected chi connectivity index (χ3v) is 4.78. The summed E-state index contributed by atoms with van der Waals surface area (Å²) in [6.07, 6.45) is 3.32. The minimum absolute atomic E-state index is 0.585. The number of aryl methyl sites for hydroxylation is 1. The van der Waals surface area contributed by atoms with E-state index >= 15 is 0 Å². The predicted molar refractivity (Wildman–Crippen MR) is 81.4 cm³/mol. The van der Waals surface area contributed by atoms with E-state index in [1.165, 1.54) is 23.4 Å². The Bertz CT molecular complexity index is 419. The molecule has 1 aromatic heterocycles. The van der Waals surface area contributed by atoms with Crippen LogP contribution in [0.5, 0.6) is 0 Å². The number of rotatable bonds is 2. The summed E-state index contributed by atoms with van der Waals surface area (Å²) in [4.78, 5) is 7.18. The van der Waals surface area contributed by atoms with Crippen LogP contribution in [-0.4, -0.2) is 17.6 Å². The number of aromatic nitrogens is 1. The predicted octanol–water partition coefficient (Wildman–Crippen LogP) is 4.16. The van der Waals surface area contributed by atoms with Crippen molar-refractivity contribution < 1.29 is 0 Å². The van der Waals surface area contributed by atoms with Gasteiger partial charge in [-0.05, 0) is 43.2 Å². The Morgan fingerprint density at radius 1 is 1.39 bits per heavy atom. The van der Waals surface area contributed by atoms with Crippen molar-refractivity contribution in [3.8, 4) is 0 Å². The molecular weight excluding hydrogens is 288 g/mol. The van der Waals surface area contributed by atoms with Crippen LogP contribution in [0.25, 0.3) is 0 Å². The number of nitrogens with zero attached hydrogens (tertiary/aromatic N) is 2. The van der Waals surface area contributed by atoms with Crippen molar-refractivity contribution in [1.29, 1.82) is 0 Å². The molecule has 0 aliphatic carbocycles. The van der Waals surface area contributed by atoms with Crippen molar-refractivity contribution in [2.24, 2.45) is 11.8 Å². The van der Waals surface area contributed by atoms with Crippen LogP contribution < -0.4 is 4.90 Å². The van der Waals surface area contributed by atoms with E-state index in [0.29, 0.717) is 6.04 Å². The first kappa shape index (κ1) is 13.9. The molecule has 2 heterocycles. The van der Waals surface area contributed by atoms with E-state index in [2.05, 4.69) is 59.6 Å². The number of hydrogen-bond donors (Lipinski definition) is 0. The summed E-state index contributed by atoms with van der Waals surface area (Å²) >= 11 is 3.49. The third-order valence-electron chi connectivity index (χ3n) is 4.13. The largest absolute Gasteiger partial charge is 0.353 e. The number of halogens is 1. The molecule has 18 heavy (non-hydrogen) atoms. The molecule has 0 aromatic carbocycles. The molecule has 100 valence electrons. The first-order valence-electron chi connectivity index (χ1n) is 6.81. The summed E-state index contributed by atoms with van der Waals surface area (Å²) in [7, 11) is 0. The number of anilines is 1. The lowest BCUT2D eigenvalue weighted by Gasteiger charge is -2.42. The first-order chi connectivity index (χ1) is 8.52. The summed E-state index contributed by atoms with van der Waals surface area (Å²) in [6, 6.07) is 2.83. The molecule has 1 fully saturated rings. The van der Waals surface area contributed by atoms with Gasteiger partial charge in [0.25, 0.3) is 0 Å². The maximum Gasteiger partial charge on any atom is 0.131 e. The number of pyridine rings is 1. The lowest BCUT2D eigenvalue weighted by Crippen LogP contribution is -2.46. The summed E-state index contributed by atoms with van der Waals surface area (Å²) in [5.41, 5.74) is 2.54. The van der Waals surface area contributed by atoms with Gasteiger partial charge >= 0.3 is 0 Å². The maximum absolute atomic E-state index is 4.69. The van der Waals surface area contributed by atoms with E-state index in [0.717, 1.165) is 23.7 Å². The van der Waals surface area contributed by atoms with Crippen molar-refractivity contribution in [3.05, 3.63) is 23.4 Å². The molecule has 0 spiro atoms. The van der Waals surface area contributed by atoms with Crippen LogP contribution in [-0.2, 0) is 5.33 Å². The average molecular weight is 311 g/mol. The van der Waals surface area contributed by atoms with Gasteiger partial charge in [0.1, 0.15) is 5.82 Å². The van der Waals surface area contributed by atoms with E-state index in [1.54, 1.807) is 0 Å². The zero-order valence-electron chi connectivity index (χ0n) is 11.8. The Morgan fingerprint density at radius 2 is 2.11 bits per heavy atom. The van der Waals surface area contributed by atoms with Gasteiger partial charge in [-0.15, -0.1) is 0 Å². The fourth-order valence-electron chi connectivity index (χ4n) is 2.99. The molecule has 0 amide bonds. The zero-order valence-corrected chi connectivity index (χ0v) is 13.4. The lowest BCUT2D eigenvalue weighted by atomic mass is 9.86. The monoisotopic (exact) mass is 310 g/mol. The van der Waals surface area contributed by atoms with Gasteiger partial charge in [-0.2, -0.15) is 0 Å². The van der Waals surface area contributed by atoms with Gasteiger partial charge in [0.05, 0.1) is 0 Å². The minimum Gasteiger partial charge on any atom is -0.353 e. The van der Waals surface area contributed by atoms with Gasteiger partial charge in [0.2, 0.25) is 0 Å². The summed E-state index contributed by atoms with van der Waals surface area (Å²) in [6.45, 7) is 10.3. The molecule has 2 nitrogen and oxygen atoms in total. The smallest absolute Gasteiger partial charge is 0.131 e. The van der Waals surface area contributed by atoms with Crippen molar-refractivity contribution in [2.75, 3.05) is 11.4 Å². The Labute approximate surface area is 119 Å². The Balaban J connectivity index is 2.29. The van der Waals surface area contributed by atoms with Gasteiger partial charge in [0, 0.05) is 24.1 Å². The van der Waals surface area contributed by atoms with Crippen LogP contribution >= 0.6 is 15.9 Å². The normalized spacial score (nSPS) is 28.5. The van der Waals surface area contributed by atoms with Crippen molar-refractivity contribution >= 4 is 21.7 Å². The molecule has 1 aromatic rings. The standard InChI is InChI=1S/C15H23BrN2/c1-10-5-11(2)13(4)18(9-10)15-12(3)6-14(7-16)8-17-15/h6,8,10-11,13H,5,7,9H2,1-4H3. The molecule has 1 saturated heterocycles. The molecule has 3 atom stereocenters. The molecule has 1 aliphatic rings. The first-order valence-corrected chi connectivity index (χ1v) is 7.93. The fourth-order valence-corrected chi connectivity index (χ4v) is 3.30. The van der Waals surface area contributed by atoms with Gasteiger partial charge in [0.15, 0.2) is 0 Å². The van der Waals surface area contributed by atoms with Crippen LogP contribution in [0, 0.1) is 18.8 Å². The van der Waals surface area contributed by atoms with E-state index in [1.807, 2.05) is 6.20 Å². The van der Waals surface area contributed by atoms with Crippen LogP contribution in [0.3, 0.4) is 0 Å². The molecule has 0 saturated carbocycles. The maximum atomic E-state index is 4.69. The molecule has 0 N–H and O–H groups in total. The van der Waals surface area contributed by atoms with E-state index in [4.69, 9.17) is 0 Å². The Morgan fingerprint density at radius 3 is 2.72 bits per heavy atom. The SMILES string of the molecule is Cc1cc(CBr)cnc1N1CC(C)CC(C)C1C. The highest BCUT2D eigenvalue weighted by Gasteiger charge is 2.30. The Hall–Kier alpha value is -0.570. The fraction of sp³-hybridized carbons (Fsp3) is 0.667. The minimum atomic E-state index is 0.585. The van der Waals surface area contributed by atoms with Crippen LogP contribution in [0.2, 0.25) is 0 Å². The average Bonchev–Trinajstić information content (AvgIpc) is 2.34. The quantitative estimate of drug-likeness (QED) is 0.763. The highest BCUT2D eigenvalue weighted by molar-refractivity contribution is 9.08. The summed E-state index contributed by atoms with van der Waals surface area (Å²) in [5.74, 6) is 2.67. The Kier molecular flexibility index (Phi) is 4.31. The van der Waals surface area contributed by atoms with Crippen LogP contribution in [0.4, 0.5) is 5.82 Å². The molecule has 3 heteroatoms. The molecular formula is C15H23BrN2. The second-order valence-corrected chi connectivity index (χ2v) is 6.39. The summed E-state index contributed by atoms with van der Waals surface area (Å²) < 4.78 is 0. The molecule has 0 radical (unpaired) electrons. The topological polar surface area (TPSA) is 16.1 Å². The lowest BCUT2D eigenvalue weighted by molar-refractivity contribution is 0.295. The zero-order chi connectivity index (χ0) is 13.3. The number of hydrogen-bond acceptors (Lipinski definition) is 2. The molecule has 2 rings (SSSR count).